The van der Waals surface area contributed by atoms with Gasteiger partial charge in [0.25, 0.3) is 0 Å². The molecule has 0 spiro atoms. The molecule has 0 saturated heterocycles. The highest BCUT2D eigenvalue weighted by Gasteiger charge is 2.32. The van der Waals surface area contributed by atoms with E-state index in [1.165, 1.54) is 0 Å². The molecule has 0 aliphatic carbocycles. The highest BCUT2D eigenvalue weighted by molar-refractivity contribution is 6.12. The number of nitriles is 3. The minimum atomic E-state index is 0.135. The molecular formula is C39H18N12. The Hall–Kier alpha value is -8.01. The van der Waals surface area contributed by atoms with E-state index in [2.05, 4.69) is 48.1 Å². The molecule has 0 amide bonds. The van der Waals surface area contributed by atoms with Gasteiger partial charge in [0, 0.05) is 107 Å². The fourth-order valence-corrected chi connectivity index (χ4v) is 7.55. The highest BCUT2D eigenvalue weighted by Crippen LogP contribution is 2.44. The third-order valence-corrected chi connectivity index (χ3v) is 9.53. The van der Waals surface area contributed by atoms with E-state index in [-0.39, 0.29) is 16.7 Å². The molecule has 0 aliphatic rings. The van der Waals surface area contributed by atoms with Gasteiger partial charge in [-0.1, -0.05) is 0 Å². The summed E-state index contributed by atoms with van der Waals surface area (Å²) in [5, 5.41) is 38.7. The molecule has 0 bridgehead atoms. The molecule has 1 aromatic carbocycles. The first-order chi connectivity index (χ1) is 25.2. The second kappa shape index (κ2) is 10.5. The third-order valence-electron chi connectivity index (χ3n) is 9.53. The zero-order valence-corrected chi connectivity index (χ0v) is 26.3. The van der Waals surface area contributed by atoms with E-state index in [1.54, 1.807) is 74.4 Å². The number of fused-ring (bicyclic) bond motifs is 9. The molecular weight excluding hydrogens is 637 g/mol. The second-order valence-corrected chi connectivity index (χ2v) is 11.9. The van der Waals surface area contributed by atoms with Crippen molar-refractivity contribution in [3.63, 3.8) is 0 Å². The van der Waals surface area contributed by atoms with Gasteiger partial charge >= 0.3 is 0 Å². The lowest BCUT2D eigenvalue weighted by molar-refractivity contribution is 1.06. The molecule has 0 radical (unpaired) electrons. The normalized spacial score (nSPS) is 11.5. The van der Waals surface area contributed by atoms with Gasteiger partial charge in [0.1, 0.15) is 34.9 Å². The van der Waals surface area contributed by atoms with Crippen molar-refractivity contribution in [2.75, 3.05) is 0 Å². The summed E-state index contributed by atoms with van der Waals surface area (Å²) in [6.45, 7) is 0. The Kier molecular flexibility index (Phi) is 5.77. The van der Waals surface area contributed by atoms with Crippen molar-refractivity contribution in [2.24, 2.45) is 0 Å². The maximum absolute atomic E-state index is 11.3. The molecule has 10 rings (SSSR count). The van der Waals surface area contributed by atoms with Crippen molar-refractivity contribution in [3.05, 3.63) is 127 Å². The van der Waals surface area contributed by atoms with Crippen LogP contribution < -0.4 is 0 Å². The van der Waals surface area contributed by atoms with Crippen LogP contribution in [0.2, 0.25) is 0 Å². The van der Waals surface area contributed by atoms with Gasteiger partial charge in [0.2, 0.25) is 0 Å². The quantitative estimate of drug-likeness (QED) is 0.196. The zero-order valence-electron chi connectivity index (χ0n) is 26.3. The van der Waals surface area contributed by atoms with Crippen molar-refractivity contribution in [2.45, 2.75) is 0 Å². The maximum Gasteiger partial charge on any atom is 0.104 e. The lowest BCUT2D eigenvalue weighted by Gasteiger charge is -2.23. The van der Waals surface area contributed by atoms with E-state index in [0.717, 1.165) is 32.3 Å². The standard InChI is InChI=1S/C39H18N12/c40-13-22-37(49-31-1-7-43-16-25(31)26-17-44-8-2-32(26)49)23(14-41)39(51-35-5-11-47-20-29(35)30-21-48-12-6-36(30)51)24(15-42)38(22)50-33-3-9-45-18-27(33)28-19-46-10-4-34(28)50/h1-12,16-21H. The van der Waals surface area contributed by atoms with Crippen LogP contribution in [0.4, 0.5) is 0 Å². The minimum Gasteiger partial charge on any atom is -0.306 e. The van der Waals surface area contributed by atoms with Gasteiger partial charge < -0.3 is 13.7 Å². The molecule has 51 heavy (non-hydrogen) atoms. The second-order valence-electron chi connectivity index (χ2n) is 11.9. The van der Waals surface area contributed by atoms with E-state index < -0.39 is 0 Å². The Morgan fingerprint density at radius 2 is 0.529 bits per heavy atom. The first kappa shape index (κ1) is 28.0. The molecule has 12 heteroatoms. The number of rotatable bonds is 3. The van der Waals surface area contributed by atoms with Crippen molar-refractivity contribution in [3.8, 4) is 35.3 Å². The van der Waals surface area contributed by atoms with Gasteiger partial charge in [-0.05, 0) is 36.4 Å². The predicted molar refractivity (Wildman–Crippen MR) is 190 cm³/mol. The number of nitrogens with zero attached hydrogens (tertiary/aromatic N) is 12. The third kappa shape index (κ3) is 3.63. The Morgan fingerprint density at radius 3 is 0.706 bits per heavy atom. The number of hydrogen-bond acceptors (Lipinski definition) is 9. The predicted octanol–water partition coefficient (Wildman–Crippen LogP) is 6.96. The largest absolute Gasteiger partial charge is 0.306 e. The molecule has 0 atom stereocenters. The van der Waals surface area contributed by atoms with Gasteiger partial charge in [0.15, 0.2) is 0 Å². The molecule has 0 aliphatic heterocycles. The van der Waals surface area contributed by atoms with Crippen LogP contribution in [0.3, 0.4) is 0 Å². The van der Waals surface area contributed by atoms with Gasteiger partial charge in [-0.3, -0.25) is 29.9 Å². The van der Waals surface area contributed by atoms with Crippen molar-refractivity contribution in [1.82, 2.24) is 43.6 Å². The molecule has 0 N–H and O–H groups in total. The van der Waals surface area contributed by atoms with Crippen molar-refractivity contribution in [1.29, 1.82) is 15.8 Å². The highest BCUT2D eigenvalue weighted by atomic mass is 15.1. The van der Waals surface area contributed by atoms with Gasteiger partial charge in [-0.2, -0.15) is 15.8 Å². The lowest BCUT2D eigenvalue weighted by atomic mass is 9.96. The van der Waals surface area contributed by atoms with Crippen LogP contribution in [0.5, 0.6) is 0 Å². The van der Waals surface area contributed by atoms with Crippen LogP contribution in [-0.4, -0.2) is 43.6 Å². The van der Waals surface area contributed by atoms with Crippen LogP contribution in [0.25, 0.3) is 82.5 Å². The summed E-state index contributed by atoms with van der Waals surface area (Å²) < 4.78 is 5.73. The maximum atomic E-state index is 11.3. The summed E-state index contributed by atoms with van der Waals surface area (Å²) in [6.07, 6.45) is 20.5. The minimum absolute atomic E-state index is 0.135. The molecule has 234 valence electrons. The van der Waals surface area contributed by atoms with E-state index in [0.29, 0.717) is 50.2 Å². The summed E-state index contributed by atoms with van der Waals surface area (Å²) in [6, 6.07) is 18.5. The summed E-state index contributed by atoms with van der Waals surface area (Å²) in [4.78, 5) is 26.3. The van der Waals surface area contributed by atoms with Gasteiger partial charge in [-0.15, -0.1) is 0 Å². The number of aromatic nitrogens is 9. The van der Waals surface area contributed by atoms with Crippen LogP contribution in [-0.2, 0) is 0 Å². The Morgan fingerprint density at radius 1 is 0.333 bits per heavy atom. The Labute approximate surface area is 287 Å². The molecule has 0 saturated carbocycles. The zero-order chi connectivity index (χ0) is 34.2. The summed E-state index contributed by atoms with van der Waals surface area (Å²) in [5.74, 6) is 0. The van der Waals surface area contributed by atoms with Crippen LogP contribution in [0.1, 0.15) is 16.7 Å². The molecule has 9 heterocycles. The number of hydrogen-bond donors (Lipinski definition) is 0. The van der Waals surface area contributed by atoms with Crippen LogP contribution >= 0.6 is 0 Å². The SMILES string of the molecule is N#Cc1c(-n2c3ccncc3c3cnccc32)c(C#N)c(-n2c3ccncc3c3cnccc32)c(C#N)c1-n1c2ccncc2c2cnccc21. The average Bonchev–Trinajstić information content (AvgIpc) is 3.82. The van der Waals surface area contributed by atoms with E-state index in [1.807, 2.05) is 50.1 Å². The lowest BCUT2D eigenvalue weighted by Crippen LogP contribution is -2.14. The topological polar surface area (TPSA) is 164 Å². The summed E-state index contributed by atoms with van der Waals surface area (Å²) in [5.41, 5.74) is 5.66. The number of benzene rings is 1. The molecule has 9 aromatic heterocycles. The smallest absolute Gasteiger partial charge is 0.104 e. The molecule has 12 nitrogen and oxygen atoms in total. The van der Waals surface area contributed by atoms with Crippen molar-refractivity contribution >= 4 is 65.4 Å². The number of pyridine rings is 6. The average molecular weight is 655 g/mol. The van der Waals surface area contributed by atoms with E-state index in [4.69, 9.17) is 0 Å². The van der Waals surface area contributed by atoms with Gasteiger partial charge in [-0.25, -0.2) is 0 Å². The van der Waals surface area contributed by atoms with Crippen LogP contribution in [0, 0.1) is 34.0 Å². The fourth-order valence-electron chi connectivity index (χ4n) is 7.55. The van der Waals surface area contributed by atoms with Crippen LogP contribution in [0.15, 0.2) is 111 Å². The molecule has 0 unspecified atom stereocenters. The summed E-state index contributed by atoms with van der Waals surface area (Å²) in [7, 11) is 0. The Bertz CT molecular complexity index is 2730. The fraction of sp³-hybridized carbons (Fsp3) is 0. The first-order valence-corrected chi connectivity index (χ1v) is 15.7. The molecule has 0 fully saturated rings. The molecule has 10 aromatic rings. The Balaban J connectivity index is 1.53. The van der Waals surface area contributed by atoms with Gasteiger partial charge in [0.05, 0.1) is 50.2 Å². The van der Waals surface area contributed by atoms with E-state index in [9.17, 15) is 15.8 Å². The van der Waals surface area contributed by atoms with E-state index >= 15 is 0 Å². The first-order valence-electron chi connectivity index (χ1n) is 15.7. The monoisotopic (exact) mass is 654 g/mol. The van der Waals surface area contributed by atoms with Crippen molar-refractivity contribution < 1.29 is 0 Å². The summed E-state index contributed by atoms with van der Waals surface area (Å²) >= 11 is 0.